The highest BCUT2D eigenvalue weighted by Crippen LogP contribution is 2.39. The lowest BCUT2D eigenvalue weighted by Gasteiger charge is -1.93. The Morgan fingerprint density at radius 3 is 2.73 bits per heavy atom. The van der Waals surface area contributed by atoms with Crippen molar-refractivity contribution in [1.29, 1.82) is 0 Å². The lowest BCUT2D eigenvalue weighted by atomic mass is 10.1. The molecule has 1 aromatic carbocycles. The third kappa shape index (κ3) is 2.69. The van der Waals surface area contributed by atoms with Gasteiger partial charge in [0.1, 0.15) is 0 Å². The van der Waals surface area contributed by atoms with Gasteiger partial charge >= 0.3 is 5.97 Å². The number of benzene rings is 1. The van der Waals surface area contributed by atoms with Crippen molar-refractivity contribution in [3.05, 3.63) is 48.0 Å². The molecule has 0 radical (unpaired) electrons. The van der Waals surface area contributed by atoms with E-state index < -0.39 is 5.97 Å². The average Bonchev–Trinajstić information content (AvgIpc) is 2.99. The zero-order valence-corrected chi connectivity index (χ0v) is 8.47. The number of carbonyl (C=O) groups is 1. The molecule has 2 atom stereocenters. The van der Waals surface area contributed by atoms with E-state index in [0.29, 0.717) is 0 Å². The molecule has 0 unspecified atom stereocenters. The van der Waals surface area contributed by atoms with Crippen LogP contribution in [-0.2, 0) is 11.2 Å². The molecule has 0 aromatic heterocycles. The molecule has 0 bridgehead atoms. The Kier molecular flexibility index (Phi) is 2.86. The largest absolute Gasteiger partial charge is 0.481 e. The average molecular weight is 202 g/mol. The van der Waals surface area contributed by atoms with Gasteiger partial charge in [-0.1, -0.05) is 42.5 Å². The van der Waals surface area contributed by atoms with Gasteiger partial charge in [0.2, 0.25) is 0 Å². The molecule has 1 aliphatic carbocycles. The van der Waals surface area contributed by atoms with Crippen LogP contribution in [0.2, 0.25) is 0 Å². The van der Waals surface area contributed by atoms with Gasteiger partial charge in [-0.05, 0) is 24.3 Å². The normalized spacial score (nSPS) is 24.3. The van der Waals surface area contributed by atoms with Crippen molar-refractivity contribution in [2.75, 3.05) is 0 Å². The number of rotatable bonds is 4. The van der Waals surface area contributed by atoms with E-state index >= 15 is 0 Å². The lowest BCUT2D eigenvalue weighted by Crippen LogP contribution is -1.98. The van der Waals surface area contributed by atoms with Crippen LogP contribution in [0.4, 0.5) is 0 Å². The molecule has 2 nitrogen and oxygen atoms in total. The second kappa shape index (κ2) is 4.30. The summed E-state index contributed by atoms with van der Waals surface area (Å²) >= 11 is 0. The smallest absolute Gasteiger partial charge is 0.307 e. The van der Waals surface area contributed by atoms with E-state index in [9.17, 15) is 4.79 Å². The fourth-order valence-electron chi connectivity index (χ4n) is 1.70. The molecule has 2 rings (SSSR count). The first-order chi connectivity index (χ1) is 7.27. The molecule has 2 heteroatoms. The van der Waals surface area contributed by atoms with Crippen LogP contribution < -0.4 is 0 Å². The number of carboxylic acid groups (broad SMARTS) is 1. The molecule has 0 saturated heterocycles. The Morgan fingerprint density at radius 2 is 2.13 bits per heavy atom. The first-order valence-corrected chi connectivity index (χ1v) is 5.21. The maximum Gasteiger partial charge on any atom is 0.307 e. The number of aliphatic carboxylic acids is 1. The van der Waals surface area contributed by atoms with Gasteiger partial charge in [0, 0.05) is 0 Å². The zero-order valence-electron chi connectivity index (χ0n) is 8.47. The zero-order chi connectivity index (χ0) is 10.7. The fraction of sp³-hybridized carbons (Fsp3) is 0.308. The van der Waals surface area contributed by atoms with Gasteiger partial charge in [-0.15, -0.1) is 0 Å². The third-order valence-corrected chi connectivity index (χ3v) is 2.74. The summed E-state index contributed by atoms with van der Waals surface area (Å²) in [4.78, 5) is 10.6. The van der Waals surface area contributed by atoms with Gasteiger partial charge in [-0.3, -0.25) is 4.79 Å². The van der Waals surface area contributed by atoms with Crippen molar-refractivity contribution in [3.8, 4) is 0 Å². The van der Waals surface area contributed by atoms with Crippen molar-refractivity contribution in [2.24, 2.45) is 11.8 Å². The second-order valence-corrected chi connectivity index (χ2v) is 3.96. The highest BCUT2D eigenvalue weighted by Gasteiger charge is 2.40. The first-order valence-electron chi connectivity index (χ1n) is 5.21. The Labute approximate surface area is 89.2 Å². The predicted octanol–water partition coefficient (Wildman–Crippen LogP) is 2.51. The van der Waals surface area contributed by atoms with Crippen molar-refractivity contribution < 1.29 is 9.90 Å². The van der Waals surface area contributed by atoms with Crippen LogP contribution in [0, 0.1) is 11.8 Å². The van der Waals surface area contributed by atoms with Crippen LogP contribution >= 0.6 is 0 Å². The summed E-state index contributed by atoms with van der Waals surface area (Å²) in [6, 6.07) is 10.2. The van der Waals surface area contributed by atoms with E-state index in [0.717, 1.165) is 12.8 Å². The quantitative estimate of drug-likeness (QED) is 0.762. The molecule has 1 aromatic rings. The molecular weight excluding hydrogens is 188 g/mol. The maximum absolute atomic E-state index is 10.6. The lowest BCUT2D eigenvalue weighted by molar-refractivity contribution is -0.138. The highest BCUT2D eigenvalue weighted by atomic mass is 16.4. The molecule has 1 aliphatic rings. The molecule has 1 fully saturated rings. The Bertz CT molecular complexity index is 367. The molecule has 1 saturated carbocycles. The first kappa shape index (κ1) is 9.97. The Morgan fingerprint density at radius 1 is 1.40 bits per heavy atom. The van der Waals surface area contributed by atoms with E-state index in [1.807, 2.05) is 24.3 Å². The topological polar surface area (TPSA) is 37.3 Å². The molecule has 0 aliphatic heterocycles. The van der Waals surface area contributed by atoms with Crippen LogP contribution in [-0.4, -0.2) is 11.1 Å². The van der Waals surface area contributed by atoms with E-state index in [1.165, 1.54) is 5.56 Å². The number of carboxylic acids is 1. The standard InChI is InChI=1S/C13H14O2/c14-13(15)12-9-11(12)8-4-7-10-5-2-1-3-6-10/h1-6,8,11-12H,7,9H2,(H,14,15)/b8-4-/t11-,12+/m0/s1. The SMILES string of the molecule is O=C(O)[C@@H]1C[C@@H]1/C=C\Cc1ccccc1. The molecular formula is C13H14O2. The van der Waals surface area contributed by atoms with E-state index in [1.54, 1.807) is 0 Å². The van der Waals surface area contributed by atoms with Gasteiger partial charge in [0.05, 0.1) is 5.92 Å². The van der Waals surface area contributed by atoms with Crippen molar-refractivity contribution in [2.45, 2.75) is 12.8 Å². The molecule has 1 N–H and O–H groups in total. The van der Waals surface area contributed by atoms with Crippen LogP contribution in [0.15, 0.2) is 42.5 Å². The maximum atomic E-state index is 10.6. The molecule has 15 heavy (non-hydrogen) atoms. The monoisotopic (exact) mass is 202 g/mol. The fourth-order valence-corrected chi connectivity index (χ4v) is 1.70. The van der Waals surface area contributed by atoms with Gasteiger partial charge in [-0.25, -0.2) is 0 Å². The Hall–Kier alpha value is -1.57. The Balaban J connectivity index is 1.80. The number of allylic oxidation sites excluding steroid dienone is 2. The predicted molar refractivity (Wildman–Crippen MR) is 58.5 cm³/mol. The van der Waals surface area contributed by atoms with Gasteiger partial charge < -0.3 is 5.11 Å². The summed E-state index contributed by atoms with van der Waals surface area (Å²) < 4.78 is 0. The summed E-state index contributed by atoms with van der Waals surface area (Å²) in [7, 11) is 0. The highest BCUT2D eigenvalue weighted by molar-refractivity contribution is 5.73. The van der Waals surface area contributed by atoms with Crippen LogP contribution in [0.1, 0.15) is 12.0 Å². The minimum absolute atomic E-state index is 0.128. The molecule has 0 amide bonds. The van der Waals surface area contributed by atoms with Crippen LogP contribution in [0.3, 0.4) is 0 Å². The summed E-state index contributed by atoms with van der Waals surface area (Å²) in [5.74, 6) is -0.521. The second-order valence-electron chi connectivity index (χ2n) is 3.96. The third-order valence-electron chi connectivity index (χ3n) is 2.74. The number of hydrogen-bond donors (Lipinski definition) is 1. The van der Waals surface area contributed by atoms with Gasteiger partial charge in [-0.2, -0.15) is 0 Å². The number of hydrogen-bond acceptors (Lipinski definition) is 1. The van der Waals surface area contributed by atoms with Crippen molar-refractivity contribution in [3.63, 3.8) is 0 Å². The summed E-state index contributed by atoms with van der Waals surface area (Å²) in [5, 5.41) is 8.71. The van der Waals surface area contributed by atoms with Crippen molar-refractivity contribution in [1.82, 2.24) is 0 Å². The van der Waals surface area contributed by atoms with E-state index in [-0.39, 0.29) is 11.8 Å². The molecule has 0 heterocycles. The van der Waals surface area contributed by atoms with E-state index in [2.05, 4.69) is 18.2 Å². The summed E-state index contributed by atoms with van der Waals surface area (Å²) in [5.41, 5.74) is 1.27. The van der Waals surface area contributed by atoms with Crippen LogP contribution in [0.5, 0.6) is 0 Å². The van der Waals surface area contributed by atoms with Gasteiger partial charge in [0.15, 0.2) is 0 Å². The minimum Gasteiger partial charge on any atom is -0.481 e. The van der Waals surface area contributed by atoms with Crippen molar-refractivity contribution >= 4 is 5.97 Å². The minimum atomic E-state index is -0.663. The van der Waals surface area contributed by atoms with Crippen LogP contribution in [0.25, 0.3) is 0 Å². The summed E-state index contributed by atoms with van der Waals surface area (Å²) in [6.07, 6.45) is 5.80. The van der Waals surface area contributed by atoms with Gasteiger partial charge in [0.25, 0.3) is 0 Å². The molecule has 0 spiro atoms. The van der Waals surface area contributed by atoms with E-state index in [4.69, 9.17) is 5.11 Å². The molecule has 78 valence electrons. The summed E-state index contributed by atoms with van der Waals surface area (Å²) in [6.45, 7) is 0.